The first-order valence-corrected chi connectivity index (χ1v) is 17.9. The molecule has 10 rings (SSSR count). The Kier molecular flexibility index (Phi) is 6.71. The predicted octanol–water partition coefficient (Wildman–Crippen LogP) is 12.2. The lowest BCUT2D eigenvalue weighted by Gasteiger charge is -2.19. The number of aromatic nitrogens is 4. The van der Waals surface area contributed by atoms with E-state index in [1.165, 1.54) is 76.8 Å². The molecule has 0 aliphatic rings. The first kappa shape index (κ1) is 30.3. The van der Waals surface area contributed by atoms with E-state index in [4.69, 9.17) is 9.97 Å². The van der Waals surface area contributed by atoms with E-state index >= 15 is 0 Å². The van der Waals surface area contributed by atoms with Crippen molar-refractivity contribution in [3.8, 4) is 44.5 Å². The number of hydrogen-bond acceptors (Lipinski definition) is 2. The fourth-order valence-corrected chi connectivity index (χ4v) is 8.22. The Hall–Kier alpha value is -6.52. The quantitative estimate of drug-likeness (QED) is 0.175. The van der Waals surface area contributed by atoms with Gasteiger partial charge >= 0.3 is 0 Å². The van der Waals surface area contributed by atoms with E-state index in [9.17, 15) is 0 Å². The van der Waals surface area contributed by atoms with Crippen molar-refractivity contribution in [2.24, 2.45) is 14.1 Å². The van der Waals surface area contributed by atoms with Gasteiger partial charge in [0.1, 0.15) is 11.6 Å². The van der Waals surface area contributed by atoms with Gasteiger partial charge < -0.3 is 9.13 Å². The molecule has 2 aromatic heterocycles. The van der Waals surface area contributed by atoms with Crippen molar-refractivity contribution in [3.63, 3.8) is 0 Å². The highest BCUT2D eigenvalue weighted by Crippen LogP contribution is 2.45. The predicted molar refractivity (Wildman–Crippen MR) is 219 cm³/mol. The van der Waals surface area contributed by atoms with Crippen LogP contribution < -0.4 is 0 Å². The van der Waals surface area contributed by atoms with Crippen LogP contribution in [0.2, 0.25) is 0 Å². The maximum Gasteiger partial charge on any atom is 0.106 e. The van der Waals surface area contributed by atoms with Gasteiger partial charge in [0, 0.05) is 14.1 Å². The summed E-state index contributed by atoms with van der Waals surface area (Å²) >= 11 is 0. The minimum Gasteiger partial charge on any atom is -0.331 e. The molecule has 0 radical (unpaired) electrons. The molecule has 0 saturated heterocycles. The Bertz CT molecular complexity index is 2910. The molecule has 10 aromatic rings. The van der Waals surface area contributed by atoms with E-state index in [1.54, 1.807) is 0 Å². The zero-order valence-electron chi connectivity index (χ0n) is 29.6. The van der Waals surface area contributed by atoms with Gasteiger partial charge in [-0.1, -0.05) is 109 Å². The molecule has 0 saturated carbocycles. The molecule has 0 N–H and O–H groups in total. The number of imidazole rings is 2. The molecule has 4 nitrogen and oxygen atoms in total. The van der Waals surface area contributed by atoms with E-state index in [-0.39, 0.29) is 0 Å². The molecule has 0 spiro atoms. The van der Waals surface area contributed by atoms with Gasteiger partial charge in [-0.2, -0.15) is 0 Å². The second-order valence-corrected chi connectivity index (χ2v) is 14.0. The van der Waals surface area contributed by atoms with Crippen molar-refractivity contribution in [1.82, 2.24) is 19.1 Å². The average molecular weight is 669 g/mol. The summed E-state index contributed by atoms with van der Waals surface area (Å²) in [5.74, 6) is 2.02. The molecule has 0 aliphatic heterocycles. The van der Waals surface area contributed by atoms with E-state index in [0.717, 1.165) is 33.7 Å². The van der Waals surface area contributed by atoms with Crippen LogP contribution in [0.25, 0.3) is 98.9 Å². The largest absolute Gasteiger partial charge is 0.331 e. The minimum absolute atomic E-state index is 1.01. The highest BCUT2D eigenvalue weighted by Gasteiger charge is 2.19. The van der Waals surface area contributed by atoms with Crippen LogP contribution in [-0.2, 0) is 14.1 Å². The van der Waals surface area contributed by atoms with Gasteiger partial charge in [0.05, 0.1) is 22.1 Å². The van der Waals surface area contributed by atoms with Gasteiger partial charge in [-0.3, -0.25) is 0 Å². The highest BCUT2D eigenvalue weighted by molar-refractivity contribution is 6.21. The Morgan fingerprint density at radius 3 is 1.52 bits per heavy atom. The van der Waals surface area contributed by atoms with Crippen LogP contribution in [-0.4, -0.2) is 19.1 Å². The summed E-state index contributed by atoms with van der Waals surface area (Å²) in [5.41, 5.74) is 14.0. The lowest BCUT2D eigenvalue weighted by atomic mass is 9.84. The molecule has 0 aliphatic carbocycles. The van der Waals surface area contributed by atoms with Crippen LogP contribution in [0.4, 0.5) is 0 Å². The van der Waals surface area contributed by atoms with E-state index in [1.807, 2.05) is 0 Å². The molecule has 0 fully saturated rings. The molecular weight excluding hydrogens is 633 g/mol. The lowest BCUT2D eigenvalue weighted by molar-refractivity contribution is 0.886. The molecule has 248 valence electrons. The number of hydrogen-bond donors (Lipinski definition) is 0. The van der Waals surface area contributed by atoms with Crippen molar-refractivity contribution >= 4 is 54.4 Å². The summed E-state index contributed by atoms with van der Waals surface area (Å²) in [6.07, 6.45) is 0. The molecule has 0 bridgehead atoms. The van der Waals surface area contributed by atoms with Crippen molar-refractivity contribution < 1.29 is 0 Å². The molecule has 0 atom stereocenters. The van der Waals surface area contributed by atoms with Gasteiger partial charge in [-0.15, -0.1) is 0 Å². The van der Waals surface area contributed by atoms with Gasteiger partial charge in [0.15, 0.2) is 0 Å². The number of fused-ring (bicyclic) bond motifs is 5. The van der Waals surface area contributed by atoms with Gasteiger partial charge in [-0.25, -0.2) is 9.97 Å². The summed E-state index contributed by atoms with van der Waals surface area (Å²) < 4.78 is 4.36. The minimum atomic E-state index is 1.01. The molecule has 2 heterocycles. The molecule has 8 aromatic carbocycles. The third-order valence-electron chi connectivity index (χ3n) is 11.1. The van der Waals surface area contributed by atoms with Gasteiger partial charge in [-0.05, 0) is 127 Å². The van der Waals surface area contributed by atoms with Crippen molar-refractivity contribution in [2.45, 2.75) is 13.8 Å². The lowest BCUT2D eigenvalue weighted by Crippen LogP contribution is -1.93. The topological polar surface area (TPSA) is 35.6 Å². The molecule has 0 unspecified atom stereocenters. The summed E-state index contributed by atoms with van der Waals surface area (Å²) in [5, 5.41) is 7.39. The van der Waals surface area contributed by atoms with Crippen LogP contribution in [0.5, 0.6) is 0 Å². The fraction of sp³-hybridized carbons (Fsp3) is 0.0833. The summed E-state index contributed by atoms with van der Waals surface area (Å²) in [6, 6.07) is 53.7. The van der Waals surface area contributed by atoms with Crippen LogP contribution >= 0.6 is 0 Å². The SMILES string of the molecule is Cc1nc2ccc(-c3cccc4c(-c5cccc6ccc(-c7ccccc7)cc56)c5cccc(-c6ccc7nc(C)n(C)c7c6)c5cc34)cc2n1C. The molecule has 0 amide bonds. The van der Waals surface area contributed by atoms with Gasteiger partial charge in [0.2, 0.25) is 0 Å². The second kappa shape index (κ2) is 11.5. The summed E-state index contributed by atoms with van der Waals surface area (Å²) in [7, 11) is 4.19. The molecular formula is C48H36N4. The van der Waals surface area contributed by atoms with Crippen LogP contribution in [0.15, 0.2) is 146 Å². The first-order chi connectivity index (χ1) is 25.4. The van der Waals surface area contributed by atoms with Crippen LogP contribution in [0, 0.1) is 13.8 Å². The smallest absolute Gasteiger partial charge is 0.106 e. The Morgan fingerprint density at radius 1 is 0.385 bits per heavy atom. The average Bonchev–Trinajstić information content (AvgIpc) is 3.64. The monoisotopic (exact) mass is 668 g/mol. The summed E-state index contributed by atoms with van der Waals surface area (Å²) in [4.78, 5) is 9.59. The van der Waals surface area contributed by atoms with Crippen LogP contribution in [0.3, 0.4) is 0 Å². The van der Waals surface area contributed by atoms with E-state index in [2.05, 4.69) is 183 Å². The zero-order chi connectivity index (χ0) is 35.1. The van der Waals surface area contributed by atoms with E-state index < -0.39 is 0 Å². The molecule has 52 heavy (non-hydrogen) atoms. The molecule has 4 heteroatoms. The normalized spacial score (nSPS) is 11.8. The first-order valence-electron chi connectivity index (χ1n) is 17.9. The number of nitrogens with zero attached hydrogens (tertiary/aromatic N) is 4. The number of aryl methyl sites for hydroxylation is 4. The number of benzene rings is 8. The standard InChI is InChI=1S/C48H36N4/c1-29-49-44-23-21-34(26-46(44)51(29)3)36-14-9-17-39-42(36)28-43-37(35-22-24-45-47(27-35)52(4)30(2)50-45)15-10-18-40(43)48(39)38-16-8-13-32-19-20-33(25-41(32)38)31-11-6-5-7-12-31/h5-28H,1-4H3. The highest BCUT2D eigenvalue weighted by atomic mass is 15.1. The van der Waals surface area contributed by atoms with Crippen molar-refractivity contribution in [2.75, 3.05) is 0 Å². The Labute approximate surface area is 302 Å². The fourth-order valence-electron chi connectivity index (χ4n) is 8.22. The van der Waals surface area contributed by atoms with Crippen molar-refractivity contribution in [1.29, 1.82) is 0 Å². The zero-order valence-corrected chi connectivity index (χ0v) is 29.6. The second-order valence-electron chi connectivity index (χ2n) is 14.0. The Balaban J connectivity index is 1.32. The summed E-state index contributed by atoms with van der Waals surface area (Å²) in [6.45, 7) is 4.13. The maximum absolute atomic E-state index is 4.79. The third kappa shape index (κ3) is 4.61. The van der Waals surface area contributed by atoms with Crippen molar-refractivity contribution in [3.05, 3.63) is 157 Å². The number of rotatable bonds is 4. The third-order valence-corrected chi connectivity index (χ3v) is 11.1. The van der Waals surface area contributed by atoms with Crippen LogP contribution in [0.1, 0.15) is 11.6 Å². The van der Waals surface area contributed by atoms with Gasteiger partial charge in [0.25, 0.3) is 0 Å². The Morgan fingerprint density at radius 2 is 0.923 bits per heavy atom. The maximum atomic E-state index is 4.79. The van der Waals surface area contributed by atoms with E-state index in [0.29, 0.717) is 0 Å².